The number of nitrogens with two attached hydrogens (primary N) is 1. The van der Waals surface area contributed by atoms with Gasteiger partial charge in [0.1, 0.15) is 5.82 Å². The average molecular weight is 427 g/mol. The number of pyridine rings is 1. The molecule has 1 atom stereocenters. The zero-order chi connectivity index (χ0) is 21.2. The zero-order valence-electron chi connectivity index (χ0n) is 17.8. The predicted molar refractivity (Wildman–Crippen MR) is 114 cm³/mol. The van der Waals surface area contributed by atoms with Crippen molar-refractivity contribution in [2.45, 2.75) is 50.6 Å². The van der Waals surface area contributed by atoms with Gasteiger partial charge in [-0.3, -0.25) is 9.69 Å². The van der Waals surface area contributed by atoms with Gasteiger partial charge >= 0.3 is 0 Å². The molecule has 1 amide bonds. The summed E-state index contributed by atoms with van der Waals surface area (Å²) in [5.41, 5.74) is 6.28. The van der Waals surface area contributed by atoms with Gasteiger partial charge in [0.2, 0.25) is 17.6 Å². The molecule has 166 valence electrons. The number of primary amides is 1. The van der Waals surface area contributed by atoms with E-state index in [1.807, 2.05) is 12.1 Å². The lowest BCUT2D eigenvalue weighted by Gasteiger charge is -2.33. The minimum Gasteiger partial charge on any atom is -0.381 e. The number of nitrogens with zero attached hydrogens (tertiary/aromatic N) is 5. The van der Waals surface area contributed by atoms with E-state index >= 15 is 0 Å². The normalized spacial score (nSPS) is 24.0. The van der Waals surface area contributed by atoms with Gasteiger partial charge in [0.25, 0.3) is 0 Å². The lowest BCUT2D eigenvalue weighted by Crippen LogP contribution is -2.39. The van der Waals surface area contributed by atoms with E-state index in [9.17, 15) is 4.79 Å². The number of hydrogen-bond donors (Lipinski definition) is 1. The van der Waals surface area contributed by atoms with Gasteiger partial charge in [-0.25, -0.2) is 4.98 Å². The van der Waals surface area contributed by atoms with Gasteiger partial charge in [-0.1, -0.05) is 5.16 Å². The van der Waals surface area contributed by atoms with E-state index in [1.165, 1.54) is 0 Å². The van der Waals surface area contributed by atoms with E-state index < -0.39 is 0 Å². The van der Waals surface area contributed by atoms with Gasteiger partial charge in [0.15, 0.2) is 0 Å². The molecule has 3 fully saturated rings. The Kier molecular flexibility index (Phi) is 5.87. The van der Waals surface area contributed by atoms with E-state index in [-0.39, 0.29) is 17.9 Å². The monoisotopic (exact) mass is 426 g/mol. The van der Waals surface area contributed by atoms with Crippen LogP contribution in [0.5, 0.6) is 0 Å². The number of anilines is 1. The molecule has 3 saturated heterocycles. The first-order chi connectivity index (χ1) is 15.2. The van der Waals surface area contributed by atoms with Crippen LogP contribution in [0.25, 0.3) is 11.4 Å². The highest BCUT2D eigenvalue weighted by atomic mass is 16.5. The summed E-state index contributed by atoms with van der Waals surface area (Å²) in [7, 11) is 0. The summed E-state index contributed by atoms with van der Waals surface area (Å²) < 4.78 is 11.2. The van der Waals surface area contributed by atoms with Crippen LogP contribution in [0.3, 0.4) is 0 Å². The highest BCUT2D eigenvalue weighted by Crippen LogP contribution is 2.36. The summed E-state index contributed by atoms with van der Waals surface area (Å²) in [5.74, 6) is 1.96. The summed E-state index contributed by atoms with van der Waals surface area (Å²) in [6.45, 7) is 4.32. The Morgan fingerprint density at radius 3 is 2.58 bits per heavy atom. The van der Waals surface area contributed by atoms with Gasteiger partial charge in [-0.05, 0) is 57.2 Å². The molecule has 5 rings (SSSR count). The summed E-state index contributed by atoms with van der Waals surface area (Å²) in [6.07, 6.45) is 7.70. The van der Waals surface area contributed by atoms with Crippen LogP contribution in [0, 0.1) is 5.92 Å². The number of piperidine rings is 1. The average Bonchev–Trinajstić information content (AvgIpc) is 3.50. The maximum atomic E-state index is 11.4. The van der Waals surface area contributed by atoms with Crippen molar-refractivity contribution >= 4 is 11.7 Å². The minimum absolute atomic E-state index is 0.0236. The molecule has 5 heterocycles. The van der Waals surface area contributed by atoms with Crippen LogP contribution in [0.4, 0.5) is 5.82 Å². The second-order valence-corrected chi connectivity index (χ2v) is 8.76. The van der Waals surface area contributed by atoms with Crippen LogP contribution >= 0.6 is 0 Å². The highest BCUT2D eigenvalue weighted by Gasteiger charge is 2.36. The Hall–Kier alpha value is -2.52. The third kappa shape index (κ3) is 4.29. The van der Waals surface area contributed by atoms with Crippen molar-refractivity contribution in [3.8, 4) is 11.4 Å². The number of hydrogen-bond acceptors (Lipinski definition) is 8. The Bertz CT molecular complexity index is 887. The molecule has 0 spiro atoms. The number of carbonyl (C=O) groups is 1. The number of rotatable bonds is 5. The fourth-order valence-corrected chi connectivity index (χ4v) is 5.09. The van der Waals surface area contributed by atoms with Gasteiger partial charge in [0, 0.05) is 50.0 Å². The summed E-state index contributed by atoms with van der Waals surface area (Å²) in [4.78, 5) is 25.4. The Balaban J connectivity index is 1.25. The van der Waals surface area contributed by atoms with Crippen LogP contribution in [0.1, 0.15) is 50.5 Å². The van der Waals surface area contributed by atoms with Crippen LogP contribution in [-0.2, 0) is 9.53 Å². The SMILES string of the molecule is NC(=O)C1CCN(c2ccc(-c3noc([C@H]4CCCN4C4CCOCC4)n3)cn2)CC1. The molecule has 2 N–H and O–H groups in total. The number of aromatic nitrogens is 3. The van der Waals surface area contributed by atoms with Gasteiger partial charge < -0.3 is 19.9 Å². The molecule has 0 aromatic carbocycles. The Labute approximate surface area is 181 Å². The molecule has 3 aliphatic heterocycles. The van der Waals surface area contributed by atoms with E-state index in [4.69, 9.17) is 20.0 Å². The topological polar surface area (TPSA) is 111 Å². The number of likely N-dealkylation sites (tertiary alicyclic amines) is 1. The first kappa shape index (κ1) is 20.4. The molecule has 9 heteroatoms. The lowest BCUT2D eigenvalue weighted by atomic mass is 9.96. The number of carbonyl (C=O) groups excluding carboxylic acids is 1. The molecule has 0 aliphatic carbocycles. The molecule has 2 aromatic heterocycles. The molecular weight excluding hydrogens is 396 g/mol. The van der Waals surface area contributed by atoms with Crippen LogP contribution < -0.4 is 10.6 Å². The summed E-state index contributed by atoms with van der Waals surface area (Å²) in [6, 6.07) is 4.71. The fraction of sp³-hybridized carbons (Fsp3) is 0.636. The van der Waals surface area contributed by atoms with Gasteiger partial charge in [-0.2, -0.15) is 4.98 Å². The number of amides is 1. The molecular formula is C22H30N6O3. The quantitative estimate of drug-likeness (QED) is 0.774. The van der Waals surface area contributed by atoms with Crippen molar-refractivity contribution in [2.75, 3.05) is 37.7 Å². The third-order valence-corrected chi connectivity index (χ3v) is 6.91. The number of ether oxygens (including phenoxy) is 1. The van der Waals surface area contributed by atoms with E-state index in [1.54, 1.807) is 6.20 Å². The van der Waals surface area contributed by atoms with Crippen LogP contribution in [-0.4, -0.2) is 64.8 Å². The van der Waals surface area contributed by atoms with E-state index in [0.717, 1.165) is 82.8 Å². The summed E-state index contributed by atoms with van der Waals surface area (Å²) >= 11 is 0. The smallest absolute Gasteiger partial charge is 0.244 e. The van der Waals surface area contributed by atoms with Crippen molar-refractivity contribution in [1.82, 2.24) is 20.0 Å². The van der Waals surface area contributed by atoms with Crippen molar-refractivity contribution in [1.29, 1.82) is 0 Å². The van der Waals surface area contributed by atoms with E-state index in [0.29, 0.717) is 17.8 Å². The second kappa shape index (κ2) is 8.92. The van der Waals surface area contributed by atoms with Crippen LogP contribution in [0.2, 0.25) is 0 Å². The Morgan fingerprint density at radius 2 is 1.87 bits per heavy atom. The van der Waals surface area contributed by atoms with Crippen molar-refractivity contribution in [3.05, 3.63) is 24.2 Å². The highest BCUT2D eigenvalue weighted by molar-refractivity contribution is 5.77. The fourth-order valence-electron chi connectivity index (χ4n) is 5.09. The third-order valence-electron chi connectivity index (χ3n) is 6.91. The molecule has 0 unspecified atom stereocenters. The summed E-state index contributed by atoms with van der Waals surface area (Å²) in [5, 5.41) is 4.24. The molecule has 31 heavy (non-hydrogen) atoms. The van der Waals surface area contributed by atoms with Crippen molar-refractivity contribution < 1.29 is 14.1 Å². The van der Waals surface area contributed by atoms with Gasteiger partial charge in [0.05, 0.1) is 6.04 Å². The first-order valence-corrected chi connectivity index (χ1v) is 11.4. The second-order valence-electron chi connectivity index (χ2n) is 8.76. The van der Waals surface area contributed by atoms with Crippen molar-refractivity contribution in [3.63, 3.8) is 0 Å². The molecule has 0 saturated carbocycles. The Morgan fingerprint density at radius 1 is 1.06 bits per heavy atom. The van der Waals surface area contributed by atoms with Crippen LogP contribution in [0.15, 0.2) is 22.9 Å². The molecule has 9 nitrogen and oxygen atoms in total. The standard InChI is InChI=1S/C22H30N6O3/c23-20(29)15-5-10-27(11-6-15)19-4-3-16(14-24-19)21-25-22(31-26-21)18-2-1-9-28(18)17-7-12-30-13-8-17/h3-4,14-15,17-18H,1-2,5-13H2,(H2,23,29)/t18-/m1/s1. The molecule has 0 radical (unpaired) electrons. The molecule has 0 bridgehead atoms. The zero-order valence-corrected chi connectivity index (χ0v) is 17.8. The molecule has 2 aromatic rings. The lowest BCUT2D eigenvalue weighted by molar-refractivity contribution is -0.122. The predicted octanol–water partition coefficient (Wildman–Crippen LogP) is 2.15. The molecule has 3 aliphatic rings. The largest absolute Gasteiger partial charge is 0.381 e. The maximum absolute atomic E-state index is 11.4. The van der Waals surface area contributed by atoms with Crippen molar-refractivity contribution in [2.24, 2.45) is 11.7 Å². The minimum atomic E-state index is -0.200. The van der Waals surface area contributed by atoms with E-state index in [2.05, 4.69) is 19.9 Å². The maximum Gasteiger partial charge on any atom is 0.244 e. The first-order valence-electron chi connectivity index (χ1n) is 11.4. The van der Waals surface area contributed by atoms with Gasteiger partial charge in [-0.15, -0.1) is 0 Å².